The SMILES string of the molecule is CC(NCC(O)CN1CCCC1)c1ccc(Cl)s1. The Balaban J connectivity index is 1.70. The molecule has 18 heavy (non-hydrogen) atoms. The molecule has 102 valence electrons. The van der Waals surface area contributed by atoms with Crippen LogP contribution in [-0.2, 0) is 0 Å². The molecule has 0 bridgehead atoms. The van der Waals surface area contributed by atoms with Crippen LogP contribution in [0.2, 0.25) is 4.34 Å². The van der Waals surface area contributed by atoms with Crippen molar-refractivity contribution in [2.24, 2.45) is 0 Å². The van der Waals surface area contributed by atoms with Crippen LogP contribution < -0.4 is 5.32 Å². The summed E-state index contributed by atoms with van der Waals surface area (Å²) in [4.78, 5) is 3.55. The number of β-amino-alcohol motifs (C(OH)–C–C–N with tert-alkyl or cyclic N) is 1. The summed E-state index contributed by atoms with van der Waals surface area (Å²) >= 11 is 7.51. The van der Waals surface area contributed by atoms with Crippen LogP contribution in [0.1, 0.15) is 30.7 Å². The summed E-state index contributed by atoms with van der Waals surface area (Å²) in [6, 6.07) is 4.20. The van der Waals surface area contributed by atoms with Gasteiger partial charge in [-0.25, -0.2) is 0 Å². The Morgan fingerprint density at radius 2 is 2.17 bits per heavy atom. The summed E-state index contributed by atoms with van der Waals surface area (Å²) in [5.41, 5.74) is 0. The predicted molar refractivity (Wildman–Crippen MR) is 77.4 cm³/mol. The topological polar surface area (TPSA) is 35.5 Å². The third-order valence-electron chi connectivity index (χ3n) is 3.35. The van der Waals surface area contributed by atoms with E-state index in [0.717, 1.165) is 24.0 Å². The van der Waals surface area contributed by atoms with Crippen molar-refractivity contribution in [2.45, 2.75) is 31.9 Å². The van der Waals surface area contributed by atoms with Gasteiger partial charge in [-0.1, -0.05) is 11.6 Å². The molecular formula is C13H21ClN2OS. The number of halogens is 1. The molecule has 0 radical (unpaired) electrons. The Morgan fingerprint density at radius 3 is 2.78 bits per heavy atom. The monoisotopic (exact) mass is 288 g/mol. The molecule has 2 heterocycles. The Kier molecular flexibility index (Phi) is 5.45. The molecule has 1 fully saturated rings. The maximum absolute atomic E-state index is 9.98. The van der Waals surface area contributed by atoms with E-state index in [9.17, 15) is 5.11 Å². The average molecular weight is 289 g/mol. The Hall–Kier alpha value is -0.130. The molecule has 0 aliphatic carbocycles. The van der Waals surface area contributed by atoms with Crippen LogP contribution in [-0.4, -0.2) is 42.3 Å². The van der Waals surface area contributed by atoms with Gasteiger partial charge in [-0.15, -0.1) is 11.3 Å². The number of hydrogen-bond acceptors (Lipinski definition) is 4. The van der Waals surface area contributed by atoms with Gasteiger partial charge in [0.25, 0.3) is 0 Å². The second-order valence-electron chi connectivity index (χ2n) is 4.93. The highest BCUT2D eigenvalue weighted by Crippen LogP contribution is 2.26. The quantitative estimate of drug-likeness (QED) is 0.844. The van der Waals surface area contributed by atoms with Gasteiger partial charge in [0.15, 0.2) is 0 Å². The minimum atomic E-state index is -0.291. The smallest absolute Gasteiger partial charge is 0.0931 e. The maximum Gasteiger partial charge on any atom is 0.0931 e. The van der Waals surface area contributed by atoms with Crippen LogP contribution in [0.5, 0.6) is 0 Å². The summed E-state index contributed by atoms with van der Waals surface area (Å²) in [7, 11) is 0. The zero-order valence-electron chi connectivity index (χ0n) is 10.7. The van der Waals surface area contributed by atoms with E-state index in [-0.39, 0.29) is 12.1 Å². The molecule has 1 aromatic heterocycles. The van der Waals surface area contributed by atoms with Crippen LogP contribution in [0.3, 0.4) is 0 Å². The molecule has 0 saturated carbocycles. The number of rotatable bonds is 6. The molecule has 2 unspecified atom stereocenters. The van der Waals surface area contributed by atoms with Crippen LogP contribution in [0, 0.1) is 0 Å². The first-order valence-corrected chi connectivity index (χ1v) is 7.73. The minimum Gasteiger partial charge on any atom is -0.390 e. The molecule has 1 saturated heterocycles. The standard InChI is InChI=1S/C13H21ClN2OS/c1-10(12-4-5-13(14)18-12)15-8-11(17)9-16-6-2-3-7-16/h4-5,10-11,15,17H,2-3,6-9H2,1H3. The van der Waals surface area contributed by atoms with Crippen molar-refractivity contribution in [3.63, 3.8) is 0 Å². The number of nitrogens with zero attached hydrogens (tertiary/aromatic N) is 1. The van der Waals surface area contributed by atoms with E-state index < -0.39 is 0 Å². The number of hydrogen-bond donors (Lipinski definition) is 2. The zero-order chi connectivity index (χ0) is 13.0. The summed E-state index contributed by atoms with van der Waals surface area (Å²) in [5.74, 6) is 0. The third-order valence-corrected chi connectivity index (χ3v) is 4.76. The highest BCUT2D eigenvalue weighted by molar-refractivity contribution is 7.16. The van der Waals surface area contributed by atoms with E-state index in [2.05, 4.69) is 17.1 Å². The van der Waals surface area contributed by atoms with Gasteiger partial charge >= 0.3 is 0 Å². The number of aliphatic hydroxyl groups excluding tert-OH is 1. The van der Waals surface area contributed by atoms with Crippen LogP contribution in [0.25, 0.3) is 0 Å². The van der Waals surface area contributed by atoms with Crippen molar-refractivity contribution in [1.82, 2.24) is 10.2 Å². The minimum absolute atomic E-state index is 0.246. The van der Waals surface area contributed by atoms with E-state index in [1.165, 1.54) is 17.7 Å². The van der Waals surface area contributed by atoms with Crippen molar-refractivity contribution in [1.29, 1.82) is 0 Å². The average Bonchev–Trinajstić information content (AvgIpc) is 2.97. The van der Waals surface area contributed by atoms with Gasteiger partial charge in [-0.2, -0.15) is 0 Å². The Bertz CT molecular complexity index is 366. The van der Waals surface area contributed by atoms with E-state index in [1.807, 2.05) is 12.1 Å². The van der Waals surface area contributed by atoms with Gasteiger partial charge in [0.2, 0.25) is 0 Å². The summed E-state index contributed by atoms with van der Waals surface area (Å²) < 4.78 is 0.816. The van der Waals surface area contributed by atoms with E-state index in [4.69, 9.17) is 11.6 Å². The summed E-state index contributed by atoms with van der Waals surface area (Å²) in [6.07, 6.45) is 2.25. The molecule has 1 aromatic rings. The van der Waals surface area contributed by atoms with E-state index >= 15 is 0 Å². The fourth-order valence-corrected chi connectivity index (χ4v) is 3.39. The van der Waals surface area contributed by atoms with Gasteiger partial charge in [-0.3, -0.25) is 0 Å². The molecule has 1 aliphatic heterocycles. The van der Waals surface area contributed by atoms with Gasteiger partial charge in [0, 0.05) is 24.0 Å². The predicted octanol–water partition coefficient (Wildman–Crippen LogP) is 2.51. The molecule has 2 atom stereocenters. The van der Waals surface area contributed by atoms with E-state index in [1.54, 1.807) is 11.3 Å². The normalized spacial score (nSPS) is 20.2. The van der Waals surface area contributed by atoms with Gasteiger partial charge in [-0.05, 0) is 45.0 Å². The lowest BCUT2D eigenvalue weighted by atomic mass is 10.2. The highest BCUT2D eigenvalue weighted by Gasteiger charge is 2.16. The van der Waals surface area contributed by atoms with E-state index in [0.29, 0.717) is 6.54 Å². The third kappa shape index (κ3) is 4.21. The second kappa shape index (κ2) is 6.87. The van der Waals surface area contributed by atoms with Crippen molar-refractivity contribution >= 4 is 22.9 Å². The Labute approximate surface area is 118 Å². The molecule has 0 aromatic carbocycles. The van der Waals surface area contributed by atoms with Gasteiger partial charge < -0.3 is 15.3 Å². The number of nitrogens with one attached hydrogen (secondary N) is 1. The van der Waals surface area contributed by atoms with Gasteiger partial charge in [0.05, 0.1) is 10.4 Å². The zero-order valence-corrected chi connectivity index (χ0v) is 12.3. The van der Waals surface area contributed by atoms with Crippen molar-refractivity contribution in [3.8, 4) is 0 Å². The summed E-state index contributed by atoms with van der Waals surface area (Å²) in [6.45, 7) is 5.78. The molecule has 1 aliphatic rings. The largest absolute Gasteiger partial charge is 0.390 e. The first-order chi connectivity index (χ1) is 8.65. The molecule has 0 amide bonds. The fraction of sp³-hybridized carbons (Fsp3) is 0.692. The number of thiophene rings is 1. The molecule has 0 spiro atoms. The van der Waals surface area contributed by atoms with Crippen molar-refractivity contribution in [2.75, 3.05) is 26.2 Å². The molecular weight excluding hydrogens is 268 g/mol. The van der Waals surface area contributed by atoms with Gasteiger partial charge in [0.1, 0.15) is 0 Å². The molecule has 2 rings (SSSR count). The lowest BCUT2D eigenvalue weighted by Gasteiger charge is -2.21. The van der Waals surface area contributed by atoms with Crippen molar-refractivity contribution < 1.29 is 5.11 Å². The van der Waals surface area contributed by atoms with Crippen LogP contribution in [0.15, 0.2) is 12.1 Å². The first-order valence-electron chi connectivity index (χ1n) is 6.54. The first kappa shape index (κ1) is 14.3. The molecule has 5 heteroatoms. The molecule has 2 N–H and O–H groups in total. The lowest BCUT2D eigenvalue weighted by molar-refractivity contribution is 0.121. The van der Waals surface area contributed by atoms with Crippen LogP contribution >= 0.6 is 22.9 Å². The number of aliphatic hydroxyl groups is 1. The molecule has 3 nitrogen and oxygen atoms in total. The van der Waals surface area contributed by atoms with Crippen molar-refractivity contribution in [3.05, 3.63) is 21.3 Å². The maximum atomic E-state index is 9.98. The lowest BCUT2D eigenvalue weighted by Crippen LogP contribution is -2.37. The van der Waals surface area contributed by atoms with Crippen LogP contribution in [0.4, 0.5) is 0 Å². The summed E-state index contributed by atoms with van der Waals surface area (Å²) in [5, 5.41) is 13.3. The highest BCUT2D eigenvalue weighted by atomic mass is 35.5. The Morgan fingerprint density at radius 1 is 1.44 bits per heavy atom. The second-order valence-corrected chi connectivity index (χ2v) is 6.68. The fourth-order valence-electron chi connectivity index (χ4n) is 2.30. The number of likely N-dealkylation sites (tertiary alicyclic amines) is 1.